The summed E-state index contributed by atoms with van der Waals surface area (Å²) in [4.78, 5) is 12.0. The van der Waals surface area contributed by atoms with Crippen LogP contribution in [0.2, 0.25) is 0 Å². The maximum atomic E-state index is 12.0. The molecule has 0 unspecified atom stereocenters. The predicted molar refractivity (Wildman–Crippen MR) is 80.3 cm³/mol. The number of aryl methyl sites for hydroxylation is 1. The van der Waals surface area contributed by atoms with Gasteiger partial charge in [-0.3, -0.25) is 4.57 Å². The lowest BCUT2D eigenvalue weighted by Crippen LogP contribution is -2.28. The number of nitrogens with zero attached hydrogens (tertiary/aromatic N) is 2. The molecule has 1 aromatic heterocycles. The average molecular weight is 271 g/mol. The Kier molecular flexibility index (Phi) is 3.74. The van der Waals surface area contributed by atoms with E-state index in [2.05, 4.69) is 17.4 Å². The van der Waals surface area contributed by atoms with E-state index in [0.717, 1.165) is 31.1 Å². The van der Waals surface area contributed by atoms with Gasteiger partial charge in [0.05, 0.1) is 5.69 Å². The van der Waals surface area contributed by atoms with Crippen LogP contribution in [0.5, 0.6) is 0 Å². The highest BCUT2D eigenvalue weighted by Crippen LogP contribution is 2.19. The summed E-state index contributed by atoms with van der Waals surface area (Å²) in [6.45, 7) is 2.25. The summed E-state index contributed by atoms with van der Waals surface area (Å²) in [6.07, 6.45) is 7.22. The first-order valence-electron chi connectivity index (χ1n) is 7.28. The molecule has 4 heteroatoms. The molecule has 1 fully saturated rings. The fourth-order valence-corrected chi connectivity index (χ4v) is 2.91. The number of piperidine rings is 1. The van der Waals surface area contributed by atoms with Crippen LogP contribution in [0.1, 0.15) is 18.4 Å². The number of benzene rings is 1. The number of nitrogens with one attached hydrogen (secondary N) is 1. The topological polar surface area (TPSA) is 39.0 Å². The molecule has 1 N–H and O–H groups in total. The molecule has 1 aromatic carbocycles. The van der Waals surface area contributed by atoms with Gasteiger partial charge in [-0.1, -0.05) is 12.1 Å². The van der Waals surface area contributed by atoms with E-state index in [1.807, 2.05) is 18.3 Å². The van der Waals surface area contributed by atoms with Gasteiger partial charge in [0.2, 0.25) is 0 Å². The summed E-state index contributed by atoms with van der Waals surface area (Å²) in [5.41, 5.74) is 2.29. The van der Waals surface area contributed by atoms with E-state index in [-0.39, 0.29) is 5.69 Å². The molecule has 1 aliphatic rings. The highest BCUT2D eigenvalue weighted by atomic mass is 16.1. The standard InChI is InChI=1S/C16H21N3O/c1-18-9-10-19(16(18)20)15-4-2-3-14(12-15)11-13-5-7-17-8-6-13/h2-4,9-10,12-13,17H,5-8,11H2,1H3. The van der Waals surface area contributed by atoms with Gasteiger partial charge in [-0.2, -0.15) is 0 Å². The molecular formula is C16H21N3O. The van der Waals surface area contributed by atoms with Gasteiger partial charge in [0.1, 0.15) is 0 Å². The average Bonchev–Trinajstić information content (AvgIpc) is 2.80. The van der Waals surface area contributed by atoms with Crippen LogP contribution in [-0.2, 0) is 13.5 Å². The lowest BCUT2D eigenvalue weighted by molar-refractivity contribution is 0.372. The van der Waals surface area contributed by atoms with E-state index in [1.54, 1.807) is 22.4 Å². The summed E-state index contributed by atoms with van der Waals surface area (Å²) in [7, 11) is 1.78. The van der Waals surface area contributed by atoms with Crippen molar-refractivity contribution in [3.63, 3.8) is 0 Å². The number of imidazole rings is 1. The molecule has 1 saturated heterocycles. The zero-order valence-corrected chi connectivity index (χ0v) is 11.9. The van der Waals surface area contributed by atoms with Gasteiger partial charge in [-0.25, -0.2) is 4.79 Å². The van der Waals surface area contributed by atoms with Crippen LogP contribution in [0.25, 0.3) is 5.69 Å². The molecule has 0 saturated carbocycles. The van der Waals surface area contributed by atoms with Crippen molar-refractivity contribution in [1.29, 1.82) is 0 Å². The van der Waals surface area contributed by atoms with Crippen molar-refractivity contribution in [2.45, 2.75) is 19.3 Å². The monoisotopic (exact) mass is 271 g/mol. The Hall–Kier alpha value is -1.81. The van der Waals surface area contributed by atoms with Crippen LogP contribution in [0, 0.1) is 5.92 Å². The third-order valence-corrected chi connectivity index (χ3v) is 4.12. The van der Waals surface area contributed by atoms with Gasteiger partial charge < -0.3 is 9.88 Å². The summed E-state index contributed by atoms with van der Waals surface area (Å²) in [6, 6.07) is 8.35. The second-order valence-corrected chi connectivity index (χ2v) is 5.63. The highest BCUT2D eigenvalue weighted by Gasteiger charge is 2.14. The van der Waals surface area contributed by atoms with Gasteiger partial charge in [0.15, 0.2) is 0 Å². The number of hydrogen-bond acceptors (Lipinski definition) is 2. The highest BCUT2D eigenvalue weighted by molar-refractivity contribution is 5.36. The minimum Gasteiger partial charge on any atom is -0.317 e. The van der Waals surface area contributed by atoms with E-state index in [1.165, 1.54) is 18.4 Å². The van der Waals surface area contributed by atoms with Crippen molar-refractivity contribution in [1.82, 2.24) is 14.5 Å². The first-order chi connectivity index (χ1) is 9.74. The summed E-state index contributed by atoms with van der Waals surface area (Å²) < 4.78 is 3.30. The Morgan fingerprint density at radius 3 is 2.75 bits per heavy atom. The fraction of sp³-hybridized carbons (Fsp3) is 0.438. The zero-order chi connectivity index (χ0) is 13.9. The molecule has 106 valence electrons. The minimum atomic E-state index is 0.00372. The number of hydrogen-bond donors (Lipinski definition) is 1. The zero-order valence-electron chi connectivity index (χ0n) is 11.9. The van der Waals surface area contributed by atoms with E-state index >= 15 is 0 Å². The number of aromatic nitrogens is 2. The largest absolute Gasteiger partial charge is 0.332 e. The molecule has 0 amide bonds. The van der Waals surface area contributed by atoms with Crippen LogP contribution in [0.15, 0.2) is 41.5 Å². The molecule has 4 nitrogen and oxygen atoms in total. The molecule has 0 atom stereocenters. The van der Waals surface area contributed by atoms with Crippen LogP contribution in [0.3, 0.4) is 0 Å². The van der Waals surface area contributed by atoms with Crippen molar-refractivity contribution < 1.29 is 0 Å². The minimum absolute atomic E-state index is 0.00372. The smallest absolute Gasteiger partial charge is 0.317 e. The second-order valence-electron chi connectivity index (χ2n) is 5.63. The van der Waals surface area contributed by atoms with Gasteiger partial charge in [-0.05, 0) is 56.0 Å². The lowest BCUT2D eigenvalue weighted by atomic mass is 9.91. The molecule has 0 spiro atoms. The van der Waals surface area contributed by atoms with Gasteiger partial charge in [-0.15, -0.1) is 0 Å². The number of rotatable bonds is 3. The Morgan fingerprint density at radius 1 is 1.25 bits per heavy atom. The van der Waals surface area contributed by atoms with Crippen LogP contribution >= 0.6 is 0 Å². The molecule has 0 radical (unpaired) electrons. The van der Waals surface area contributed by atoms with E-state index in [4.69, 9.17) is 0 Å². The van der Waals surface area contributed by atoms with Crippen molar-refractivity contribution in [3.05, 3.63) is 52.7 Å². The summed E-state index contributed by atoms with van der Waals surface area (Å²) in [5, 5.41) is 3.40. The molecule has 0 bridgehead atoms. The fourth-order valence-electron chi connectivity index (χ4n) is 2.91. The Morgan fingerprint density at radius 2 is 2.05 bits per heavy atom. The third kappa shape index (κ3) is 2.70. The SMILES string of the molecule is Cn1ccn(-c2cccc(CC3CCNCC3)c2)c1=O. The third-order valence-electron chi connectivity index (χ3n) is 4.12. The van der Waals surface area contributed by atoms with Crippen LogP contribution in [0.4, 0.5) is 0 Å². The normalized spacial score (nSPS) is 16.4. The van der Waals surface area contributed by atoms with Crippen molar-refractivity contribution in [2.24, 2.45) is 13.0 Å². The quantitative estimate of drug-likeness (QED) is 0.923. The van der Waals surface area contributed by atoms with Gasteiger partial charge in [0, 0.05) is 19.4 Å². The first-order valence-corrected chi connectivity index (χ1v) is 7.28. The maximum absolute atomic E-state index is 12.0. The Bertz CT molecular complexity index is 635. The molecule has 20 heavy (non-hydrogen) atoms. The van der Waals surface area contributed by atoms with E-state index in [0.29, 0.717) is 0 Å². The maximum Gasteiger partial charge on any atom is 0.332 e. The molecule has 2 aromatic rings. The molecule has 1 aliphatic heterocycles. The van der Waals surface area contributed by atoms with Gasteiger partial charge in [0.25, 0.3) is 0 Å². The van der Waals surface area contributed by atoms with Crippen molar-refractivity contribution in [3.8, 4) is 5.69 Å². The van der Waals surface area contributed by atoms with Gasteiger partial charge >= 0.3 is 5.69 Å². The Labute approximate surface area is 119 Å². The first kappa shape index (κ1) is 13.2. The second kappa shape index (κ2) is 5.67. The van der Waals surface area contributed by atoms with E-state index < -0.39 is 0 Å². The predicted octanol–water partition coefficient (Wildman–Crippen LogP) is 1.72. The molecule has 2 heterocycles. The van der Waals surface area contributed by atoms with E-state index in [9.17, 15) is 4.79 Å². The Balaban J connectivity index is 1.82. The van der Waals surface area contributed by atoms with Crippen LogP contribution < -0.4 is 11.0 Å². The molecular weight excluding hydrogens is 250 g/mol. The molecule has 3 rings (SSSR count). The molecule has 0 aliphatic carbocycles. The summed E-state index contributed by atoms with van der Waals surface area (Å²) in [5.74, 6) is 0.763. The van der Waals surface area contributed by atoms with Crippen molar-refractivity contribution >= 4 is 0 Å². The van der Waals surface area contributed by atoms with Crippen LogP contribution in [-0.4, -0.2) is 22.2 Å². The summed E-state index contributed by atoms with van der Waals surface area (Å²) >= 11 is 0. The van der Waals surface area contributed by atoms with Crippen molar-refractivity contribution in [2.75, 3.05) is 13.1 Å². The lowest BCUT2D eigenvalue weighted by Gasteiger charge is -2.22.